The van der Waals surface area contributed by atoms with Gasteiger partial charge in [0.15, 0.2) is 0 Å². The van der Waals surface area contributed by atoms with Crippen LogP contribution in [0.25, 0.3) is 10.8 Å². The molecule has 142 valence electrons. The van der Waals surface area contributed by atoms with Gasteiger partial charge in [-0.1, -0.05) is 75.6 Å². The SMILES string of the molecule is O=C(NCCCCCCCCCCCCF)c1nccc2ccccc12. The lowest BCUT2D eigenvalue weighted by molar-refractivity contribution is 0.0950. The van der Waals surface area contributed by atoms with Crippen molar-refractivity contribution in [2.45, 2.75) is 64.2 Å². The van der Waals surface area contributed by atoms with Gasteiger partial charge >= 0.3 is 0 Å². The smallest absolute Gasteiger partial charge is 0.270 e. The van der Waals surface area contributed by atoms with Gasteiger partial charge in [-0.05, 0) is 24.3 Å². The number of fused-ring (bicyclic) bond motifs is 1. The molecule has 0 bridgehead atoms. The van der Waals surface area contributed by atoms with Crippen molar-refractivity contribution in [1.82, 2.24) is 10.3 Å². The highest BCUT2D eigenvalue weighted by Gasteiger charge is 2.10. The normalized spacial score (nSPS) is 11.0. The maximum atomic E-state index is 12.3. The Balaban J connectivity index is 1.54. The van der Waals surface area contributed by atoms with Crippen molar-refractivity contribution >= 4 is 16.7 Å². The molecule has 0 aliphatic heterocycles. The quantitative estimate of drug-likeness (QED) is 0.457. The van der Waals surface area contributed by atoms with E-state index in [0.29, 0.717) is 12.2 Å². The number of amides is 1. The summed E-state index contributed by atoms with van der Waals surface area (Å²) in [6.07, 6.45) is 13.0. The molecule has 3 nitrogen and oxygen atoms in total. The van der Waals surface area contributed by atoms with Gasteiger partial charge in [0.25, 0.3) is 5.91 Å². The van der Waals surface area contributed by atoms with Crippen LogP contribution in [-0.4, -0.2) is 24.1 Å². The zero-order valence-electron chi connectivity index (χ0n) is 15.7. The lowest BCUT2D eigenvalue weighted by Gasteiger charge is -2.07. The Kier molecular flexibility index (Phi) is 9.70. The van der Waals surface area contributed by atoms with Crippen molar-refractivity contribution in [3.05, 3.63) is 42.2 Å². The topological polar surface area (TPSA) is 42.0 Å². The summed E-state index contributed by atoms with van der Waals surface area (Å²) < 4.78 is 12.0. The van der Waals surface area contributed by atoms with Gasteiger partial charge in [-0.3, -0.25) is 14.2 Å². The highest BCUT2D eigenvalue weighted by molar-refractivity contribution is 6.05. The number of nitrogens with one attached hydrogen (secondary N) is 1. The van der Waals surface area contributed by atoms with Gasteiger partial charge in [0.05, 0.1) is 6.67 Å². The second kappa shape index (κ2) is 12.4. The molecule has 1 heterocycles. The molecule has 0 aliphatic rings. The molecule has 0 aliphatic carbocycles. The average Bonchev–Trinajstić information content (AvgIpc) is 2.68. The molecule has 0 saturated carbocycles. The Bertz CT molecular complexity index is 654. The molecule has 0 radical (unpaired) electrons. The van der Waals surface area contributed by atoms with Crippen LogP contribution in [0.1, 0.15) is 74.7 Å². The predicted molar refractivity (Wildman–Crippen MR) is 106 cm³/mol. The van der Waals surface area contributed by atoms with Gasteiger partial charge in [0, 0.05) is 18.1 Å². The molecule has 1 aromatic heterocycles. The molecule has 0 saturated heterocycles. The summed E-state index contributed by atoms with van der Waals surface area (Å²) in [5, 5.41) is 4.93. The average molecular weight is 359 g/mol. The van der Waals surface area contributed by atoms with E-state index in [2.05, 4.69) is 10.3 Å². The first-order valence-electron chi connectivity index (χ1n) is 10.0. The number of hydrogen-bond acceptors (Lipinski definition) is 2. The number of alkyl halides is 1. The molecule has 0 atom stereocenters. The molecular weight excluding hydrogens is 327 g/mol. The second-order valence-corrected chi connectivity index (χ2v) is 6.86. The van der Waals surface area contributed by atoms with Crippen LogP contribution in [0.3, 0.4) is 0 Å². The standard InChI is InChI=1S/C22H31FN2O/c23-16-11-7-5-3-1-2-4-6-8-12-17-25-22(26)21-20-14-10-9-13-19(20)15-18-24-21/h9-10,13-15,18H,1-8,11-12,16-17H2,(H,25,26). The van der Waals surface area contributed by atoms with E-state index >= 15 is 0 Å². The van der Waals surface area contributed by atoms with Crippen molar-refractivity contribution in [1.29, 1.82) is 0 Å². The zero-order valence-corrected chi connectivity index (χ0v) is 15.7. The number of aromatic nitrogens is 1. The van der Waals surface area contributed by atoms with E-state index in [4.69, 9.17) is 0 Å². The van der Waals surface area contributed by atoms with Crippen molar-refractivity contribution in [3.8, 4) is 0 Å². The van der Waals surface area contributed by atoms with E-state index in [1.54, 1.807) is 6.20 Å². The third-order valence-electron chi connectivity index (χ3n) is 4.73. The number of unbranched alkanes of at least 4 members (excludes halogenated alkanes) is 9. The van der Waals surface area contributed by atoms with E-state index in [-0.39, 0.29) is 12.6 Å². The maximum absolute atomic E-state index is 12.3. The number of hydrogen-bond donors (Lipinski definition) is 1. The van der Waals surface area contributed by atoms with Crippen LogP contribution in [0.15, 0.2) is 36.5 Å². The van der Waals surface area contributed by atoms with Crippen LogP contribution >= 0.6 is 0 Å². The molecule has 0 fully saturated rings. The molecule has 26 heavy (non-hydrogen) atoms. The second-order valence-electron chi connectivity index (χ2n) is 6.86. The van der Waals surface area contributed by atoms with E-state index in [0.717, 1.165) is 42.9 Å². The van der Waals surface area contributed by atoms with Gasteiger partial charge < -0.3 is 5.32 Å². The Morgan fingerprint density at radius 1 is 0.846 bits per heavy atom. The minimum Gasteiger partial charge on any atom is -0.351 e. The molecule has 4 heteroatoms. The summed E-state index contributed by atoms with van der Waals surface area (Å²) in [6, 6.07) is 9.76. The van der Waals surface area contributed by atoms with Crippen LogP contribution in [0, 0.1) is 0 Å². The molecule has 1 aromatic carbocycles. The Morgan fingerprint density at radius 2 is 1.46 bits per heavy atom. The number of carbonyl (C=O) groups is 1. The van der Waals surface area contributed by atoms with Crippen molar-refractivity contribution in [2.24, 2.45) is 0 Å². The summed E-state index contributed by atoms with van der Waals surface area (Å²) >= 11 is 0. The number of carbonyl (C=O) groups excluding carboxylic acids is 1. The largest absolute Gasteiger partial charge is 0.351 e. The predicted octanol–water partition coefficient (Wildman–Crippen LogP) is 5.84. The minimum atomic E-state index is -0.174. The van der Waals surface area contributed by atoms with E-state index < -0.39 is 0 Å². The first-order chi connectivity index (χ1) is 12.8. The van der Waals surface area contributed by atoms with Crippen molar-refractivity contribution < 1.29 is 9.18 Å². The molecule has 2 aromatic rings. The lowest BCUT2D eigenvalue weighted by Crippen LogP contribution is -2.25. The van der Waals surface area contributed by atoms with Crippen LogP contribution in [0.5, 0.6) is 0 Å². The summed E-state index contributed by atoms with van der Waals surface area (Å²) in [5.74, 6) is -0.0879. The monoisotopic (exact) mass is 358 g/mol. The number of nitrogens with zero attached hydrogens (tertiary/aromatic N) is 1. The molecular formula is C22H31FN2O. The molecule has 0 unspecified atom stereocenters. The van der Waals surface area contributed by atoms with Crippen LogP contribution in [-0.2, 0) is 0 Å². The fourth-order valence-electron chi connectivity index (χ4n) is 3.22. The molecule has 0 spiro atoms. The first-order valence-corrected chi connectivity index (χ1v) is 10.0. The van der Waals surface area contributed by atoms with Crippen molar-refractivity contribution in [2.75, 3.05) is 13.2 Å². The van der Waals surface area contributed by atoms with Gasteiger partial charge in [-0.2, -0.15) is 0 Å². The summed E-state index contributed by atoms with van der Waals surface area (Å²) in [5.41, 5.74) is 0.510. The molecule has 1 amide bonds. The Hall–Kier alpha value is -1.97. The highest BCUT2D eigenvalue weighted by atomic mass is 19.1. The third-order valence-corrected chi connectivity index (χ3v) is 4.73. The highest BCUT2D eigenvalue weighted by Crippen LogP contribution is 2.16. The lowest BCUT2D eigenvalue weighted by atomic mass is 10.1. The summed E-state index contributed by atoms with van der Waals surface area (Å²) in [6.45, 7) is 0.528. The minimum absolute atomic E-state index is 0.0879. The first kappa shape index (κ1) is 20.3. The number of halogens is 1. The summed E-state index contributed by atoms with van der Waals surface area (Å²) in [7, 11) is 0. The van der Waals surface area contributed by atoms with Crippen LogP contribution in [0.2, 0.25) is 0 Å². The fourth-order valence-corrected chi connectivity index (χ4v) is 3.22. The van der Waals surface area contributed by atoms with E-state index in [1.165, 1.54) is 32.1 Å². The van der Waals surface area contributed by atoms with Crippen LogP contribution < -0.4 is 5.32 Å². The number of rotatable bonds is 13. The number of benzene rings is 1. The van der Waals surface area contributed by atoms with Crippen molar-refractivity contribution in [3.63, 3.8) is 0 Å². The van der Waals surface area contributed by atoms with Crippen LogP contribution in [0.4, 0.5) is 4.39 Å². The van der Waals surface area contributed by atoms with Gasteiger partial charge in [0.2, 0.25) is 0 Å². The third kappa shape index (κ3) is 7.11. The maximum Gasteiger partial charge on any atom is 0.270 e. The van der Waals surface area contributed by atoms with Gasteiger partial charge in [0.1, 0.15) is 5.69 Å². The molecule has 2 rings (SSSR count). The Morgan fingerprint density at radius 3 is 2.15 bits per heavy atom. The molecule has 1 N–H and O–H groups in total. The van der Waals surface area contributed by atoms with E-state index in [1.807, 2.05) is 30.3 Å². The fraction of sp³-hybridized carbons (Fsp3) is 0.545. The zero-order chi connectivity index (χ0) is 18.5. The number of pyridine rings is 1. The summed E-state index contributed by atoms with van der Waals surface area (Å²) in [4.78, 5) is 16.6. The van der Waals surface area contributed by atoms with Gasteiger partial charge in [-0.15, -0.1) is 0 Å². The van der Waals surface area contributed by atoms with Gasteiger partial charge in [-0.25, -0.2) is 0 Å². The van der Waals surface area contributed by atoms with E-state index in [9.17, 15) is 9.18 Å². The Labute approximate surface area is 156 Å².